The molecule has 0 fully saturated rings. The van der Waals surface area contributed by atoms with Crippen molar-refractivity contribution in [2.45, 2.75) is 24.3 Å². The lowest BCUT2D eigenvalue weighted by molar-refractivity contribution is -0.140. The maximum absolute atomic E-state index is 13.0. The first kappa shape index (κ1) is 24.0. The number of carbonyl (C=O) groups excluding carboxylic acids is 1. The van der Waals surface area contributed by atoms with Crippen LogP contribution in [0.3, 0.4) is 0 Å². The zero-order valence-corrected chi connectivity index (χ0v) is 19.6. The third-order valence-corrected chi connectivity index (χ3v) is 6.69. The Morgan fingerprint density at radius 3 is 2.33 bits per heavy atom. The summed E-state index contributed by atoms with van der Waals surface area (Å²) in [6.07, 6.45) is 5.77. The van der Waals surface area contributed by atoms with Crippen LogP contribution in [-0.4, -0.2) is 41.2 Å². The van der Waals surface area contributed by atoms with Crippen molar-refractivity contribution in [1.82, 2.24) is 0 Å². The van der Waals surface area contributed by atoms with E-state index >= 15 is 0 Å². The molecule has 8 heteroatoms. The number of esters is 1. The summed E-state index contributed by atoms with van der Waals surface area (Å²) in [7, 11) is -0.956. The topological polar surface area (TPSA) is 84.9 Å². The van der Waals surface area contributed by atoms with Gasteiger partial charge in [0.25, 0.3) is 10.0 Å². The maximum atomic E-state index is 13.0. The Balaban J connectivity index is 2.02. The van der Waals surface area contributed by atoms with Crippen molar-refractivity contribution in [3.8, 4) is 18.1 Å². The summed E-state index contributed by atoms with van der Waals surface area (Å²) in [6, 6.07) is 16.9. The number of ether oxygens (including phenoxy) is 2. The zero-order valence-electron chi connectivity index (χ0n) is 18.7. The number of sulfonamides is 1. The Morgan fingerprint density at radius 2 is 1.73 bits per heavy atom. The van der Waals surface area contributed by atoms with E-state index in [4.69, 9.17) is 15.9 Å². The van der Waals surface area contributed by atoms with Gasteiger partial charge in [0.05, 0.1) is 37.8 Å². The molecular weight excluding hydrogens is 440 g/mol. The molecule has 0 aromatic heterocycles. The molecule has 0 unspecified atom stereocenters. The highest BCUT2D eigenvalue weighted by molar-refractivity contribution is 7.92. The van der Waals surface area contributed by atoms with Crippen molar-refractivity contribution < 1.29 is 22.7 Å². The van der Waals surface area contributed by atoms with Gasteiger partial charge in [-0.15, -0.1) is 6.42 Å². The van der Waals surface area contributed by atoms with Crippen LogP contribution in [0.15, 0.2) is 65.6 Å². The quantitative estimate of drug-likeness (QED) is 0.378. The van der Waals surface area contributed by atoms with E-state index in [1.54, 1.807) is 24.3 Å². The van der Waals surface area contributed by atoms with Crippen LogP contribution in [-0.2, 0) is 19.6 Å². The zero-order chi connectivity index (χ0) is 24.0. The molecule has 7 nitrogen and oxygen atoms in total. The molecule has 3 aromatic carbocycles. The number of nitrogens with one attached hydrogen (secondary N) is 1. The smallest absolute Gasteiger partial charge is 0.307 e. The average Bonchev–Trinajstić information content (AvgIpc) is 2.82. The van der Waals surface area contributed by atoms with E-state index in [1.165, 1.54) is 26.4 Å². The molecule has 33 heavy (non-hydrogen) atoms. The Kier molecular flexibility index (Phi) is 7.46. The lowest BCUT2D eigenvalue weighted by Gasteiger charge is -2.30. The lowest BCUT2D eigenvalue weighted by atomic mass is 10.0. The van der Waals surface area contributed by atoms with E-state index in [0.717, 1.165) is 11.1 Å². The molecule has 0 heterocycles. The number of rotatable bonds is 9. The van der Waals surface area contributed by atoms with Crippen LogP contribution >= 0.6 is 0 Å². The molecule has 3 aromatic rings. The standard InChI is InChI=1S/C25H26N2O5S/c1-5-16-27(18(2)17-25(28)32-4)24-15-14-23(21-8-6-7-9-22(21)24)26-33(29,30)20-12-10-19(31-3)11-13-20/h1,6-15,18,26H,16-17H2,2-4H3/t18-/m0/s1. The number of hydrogen-bond acceptors (Lipinski definition) is 6. The first-order chi connectivity index (χ1) is 15.8. The minimum absolute atomic E-state index is 0.122. The van der Waals surface area contributed by atoms with Crippen molar-refractivity contribution in [1.29, 1.82) is 0 Å². The van der Waals surface area contributed by atoms with Gasteiger partial charge in [-0.3, -0.25) is 9.52 Å². The second-order valence-corrected chi connectivity index (χ2v) is 9.10. The molecule has 172 valence electrons. The van der Waals surface area contributed by atoms with Gasteiger partial charge in [-0.1, -0.05) is 30.2 Å². The third-order valence-electron chi connectivity index (χ3n) is 5.31. The van der Waals surface area contributed by atoms with E-state index in [1.807, 2.05) is 36.1 Å². The minimum Gasteiger partial charge on any atom is -0.497 e. The van der Waals surface area contributed by atoms with Crippen LogP contribution in [0.25, 0.3) is 10.8 Å². The molecule has 0 aliphatic heterocycles. The van der Waals surface area contributed by atoms with Gasteiger partial charge in [0.1, 0.15) is 5.75 Å². The fourth-order valence-corrected chi connectivity index (χ4v) is 4.67. The fourth-order valence-electron chi connectivity index (χ4n) is 3.59. The monoisotopic (exact) mass is 466 g/mol. The summed E-state index contributed by atoms with van der Waals surface area (Å²) in [6.45, 7) is 2.17. The molecular formula is C25H26N2O5S. The molecule has 0 saturated carbocycles. The van der Waals surface area contributed by atoms with E-state index in [9.17, 15) is 13.2 Å². The summed E-state index contributed by atoms with van der Waals surface area (Å²) in [4.78, 5) is 13.9. The predicted molar refractivity (Wildman–Crippen MR) is 130 cm³/mol. The third kappa shape index (κ3) is 5.38. The van der Waals surface area contributed by atoms with E-state index in [2.05, 4.69) is 10.6 Å². The second kappa shape index (κ2) is 10.3. The van der Waals surface area contributed by atoms with Crippen LogP contribution in [0, 0.1) is 12.3 Å². The molecule has 0 spiro atoms. The summed E-state index contributed by atoms with van der Waals surface area (Å²) in [5, 5.41) is 1.51. The summed E-state index contributed by atoms with van der Waals surface area (Å²) < 4.78 is 38.6. The molecule has 1 N–H and O–H groups in total. The van der Waals surface area contributed by atoms with Crippen LogP contribution in [0.5, 0.6) is 5.75 Å². The number of fused-ring (bicyclic) bond motifs is 1. The molecule has 1 atom stereocenters. The Morgan fingerprint density at radius 1 is 1.06 bits per heavy atom. The van der Waals surface area contributed by atoms with Crippen LogP contribution in [0.1, 0.15) is 13.3 Å². The number of benzene rings is 3. The first-order valence-corrected chi connectivity index (χ1v) is 11.7. The number of carbonyl (C=O) groups is 1. The summed E-state index contributed by atoms with van der Waals surface area (Å²) in [5.41, 5.74) is 1.23. The number of terminal acetylenes is 1. The number of methoxy groups -OCH3 is 2. The number of nitrogens with zero attached hydrogens (tertiary/aromatic N) is 1. The first-order valence-electron chi connectivity index (χ1n) is 10.3. The van der Waals surface area contributed by atoms with Crippen molar-refractivity contribution in [3.63, 3.8) is 0 Å². The summed E-state index contributed by atoms with van der Waals surface area (Å²) >= 11 is 0. The van der Waals surface area contributed by atoms with Crippen molar-refractivity contribution in [3.05, 3.63) is 60.7 Å². The fraction of sp³-hybridized carbons (Fsp3) is 0.240. The van der Waals surface area contributed by atoms with Crippen LogP contribution in [0.4, 0.5) is 11.4 Å². The molecule has 3 rings (SSSR count). The normalized spacial score (nSPS) is 11.9. The van der Waals surface area contributed by atoms with Gasteiger partial charge in [0, 0.05) is 22.5 Å². The Bertz CT molecular complexity index is 1280. The highest BCUT2D eigenvalue weighted by Crippen LogP contribution is 2.34. The van der Waals surface area contributed by atoms with Crippen LogP contribution in [0.2, 0.25) is 0 Å². The van der Waals surface area contributed by atoms with Gasteiger partial charge in [-0.05, 0) is 43.3 Å². The Hall–Kier alpha value is -3.70. The van der Waals surface area contributed by atoms with Gasteiger partial charge in [0.15, 0.2) is 0 Å². The van der Waals surface area contributed by atoms with E-state index in [-0.39, 0.29) is 29.9 Å². The number of anilines is 2. The SMILES string of the molecule is C#CCN(c1ccc(NS(=O)(=O)c2ccc(OC)cc2)c2ccccc12)[C@@H](C)CC(=O)OC. The maximum Gasteiger partial charge on any atom is 0.307 e. The summed E-state index contributed by atoms with van der Waals surface area (Å²) in [5.74, 6) is 2.87. The molecule has 0 aliphatic carbocycles. The van der Waals surface area contributed by atoms with Gasteiger partial charge < -0.3 is 14.4 Å². The van der Waals surface area contributed by atoms with Crippen molar-refractivity contribution in [2.75, 3.05) is 30.4 Å². The van der Waals surface area contributed by atoms with Crippen molar-refractivity contribution in [2.24, 2.45) is 0 Å². The van der Waals surface area contributed by atoms with Crippen LogP contribution < -0.4 is 14.4 Å². The molecule has 0 amide bonds. The second-order valence-electron chi connectivity index (χ2n) is 7.42. The van der Waals surface area contributed by atoms with Gasteiger partial charge in [-0.2, -0.15) is 0 Å². The molecule has 0 saturated heterocycles. The number of hydrogen-bond donors (Lipinski definition) is 1. The van der Waals surface area contributed by atoms with E-state index < -0.39 is 10.0 Å². The Labute approximate surface area is 194 Å². The van der Waals surface area contributed by atoms with Gasteiger partial charge in [-0.25, -0.2) is 8.42 Å². The largest absolute Gasteiger partial charge is 0.497 e. The van der Waals surface area contributed by atoms with Crippen molar-refractivity contribution >= 4 is 38.1 Å². The molecule has 0 bridgehead atoms. The highest BCUT2D eigenvalue weighted by atomic mass is 32.2. The molecule has 0 radical (unpaired) electrons. The average molecular weight is 467 g/mol. The highest BCUT2D eigenvalue weighted by Gasteiger charge is 2.22. The lowest BCUT2D eigenvalue weighted by Crippen LogP contribution is -2.35. The predicted octanol–water partition coefficient (Wildman–Crippen LogP) is 4.04. The minimum atomic E-state index is -3.82. The molecule has 0 aliphatic rings. The van der Waals surface area contributed by atoms with Gasteiger partial charge >= 0.3 is 5.97 Å². The van der Waals surface area contributed by atoms with E-state index in [0.29, 0.717) is 16.8 Å². The van der Waals surface area contributed by atoms with Gasteiger partial charge in [0.2, 0.25) is 0 Å².